The van der Waals surface area contributed by atoms with Crippen molar-refractivity contribution in [2.45, 2.75) is 0 Å². The number of hydrogen-bond acceptors (Lipinski definition) is 7. The smallest absolute Gasteiger partial charge is 0.270 e. The second kappa shape index (κ2) is 7.71. The topological polar surface area (TPSA) is 152 Å². The molecule has 0 fully saturated rings. The fourth-order valence-electron chi connectivity index (χ4n) is 2.03. The van der Waals surface area contributed by atoms with Crippen molar-refractivity contribution in [3.05, 3.63) is 75.3 Å². The lowest BCUT2D eigenvalue weighted by Gasteiger charge is -2.11. The Morgan fingerprint density at radius 2 is 1.58 bits per heavy atom. The average molecular weight is 354 g/mol. The molecule has 0 heterocycles. The highest BCUT2D eigenvalue weighted by atomic mass is 16.6. The molecule has 0 unspecified atom stereocenters. The lowest BCUT2D eigenvalue weighted by atomic mass is 10.1. The number of nitrogens with zero attached hydrogens (tertiary/aromatic N) is 1. The number of non-ortho nitro benzene ring substituents is 1. The standard InChI is InChI=1S/C17H12N2O7/c20-15(5-4-10-2-1-3-14(6-10)19(25)26)18-13-8-11(16(21)22)7-12(9-13)17(23)24/h1-9H,(H,18,20)(H,21,22)(H,23,24)/p-2. The Labute approximate surface area is 146 Å². The van der Waals surface area contributed by atoms with Gasteiger partial charge in [0.25, 0.3) is 5.69 Å². The van der Waals surface area contributed by atoms with E-state index in [1.165, 1.54) is 24.3 Å². The van der Waals surface area contributed by atoms with Gasteiger partial charge >= 0.3 is 0 Å². The lowest BCUT2D eigenvalue weighted by molar-refractivity contribution is -0.384. The van der Waals surface area contributed by atoms with Crippen molar-refractivity contribution in [1.82, 2.24) is 0 Å². The van der Waals surface area contributed by atoms with Crippen molar-refractivity contribution < 1.29 is 29.5 Å². The second-order valence-corrected chi connectivity index (χ2v) is 5.05. The molecule has 0 radical (unpaired) electrons. The van der Waals surface area contributed by atoms with E-state index in [9.17, 15) is 34.7 Å². The van der Waals surface area contributed by atoms with Gasteiger partial charge in [0.2, 0.25) is 5.91 Å². The van der Waals surface area contributed by atoms with Gasteiger partial charge in [-0.25, -0.2) is 0 Å². The zero-order valence-electron chi connectivity index (χ0n) is 13.0. The Kier molecular flexibility index (Phi) is 5.43. The average Bonchev–Trinajstić information content (AvgIpc) is 2.59. The summed E-state index contributed by atoms with van der Waals surface area (Å²) in [7, 11) is 0. The second-order valence-electron chi connectivity index (χ2n) is 5.05. The molecule has 132 valence electrons. The number of anilines is 1. The summed E-state index contributed by atoms with van der Waals surface area (Å²) in [6.07, 6.45) is 2.37. The molecular weight excluding hydrogens is 344 g/mol. The highest BCUT2D eigenvalue weighted by Crippen LogP contribution is 2.16. The monoisotopic (exact) mass is 354 g/mol. The molecule has 9 heteroatoms. The van der Waals surface area contributed by atoms with Gasteiger partial charge in [0.15, 0.2) is 0 Å². The van der Waals surface area contributed by atoms with Crippen LogP contribution < -0.4 is 15.5 Å². The summed E-state index contributed by atoms with van der Waals surface area (Å²) >= 11 is 0. The third-order valence-corrected chi connectivity index (χ3v) is 3.18. The molecule has 1 amide bonds. The van der Waals surface area contributed by atoms with E-state index < -0.39 is 33.9 Å². The van der Waals surface area contributed by atoms with Crippen LogP contribution in [0, 0.1) is 10.1 Å². The van der Waals surface area contributed by atoms with E-state index in [1.807, 2.05) is 0 Å². The van der Waals surface area contributed by atoms with Crippen molar-refractivity contribution in [2.24, 2.45) is 0 Å². The van der Waals surface area contributed by atoms with Crippen molar-refractivity contribution in [3.8, 4) is 0 Å². The number of benzene rings is 2. The molecule has 9 nitrogen and oxygen atoms in total. The van der Waals surface area contributed by atoms with Crippen LogP contribution in [0.3, 0.4) is 0 Å². The van der Waals surface area contributed by atoms with Crippen molar-refractivity contribution in [3.63, 3.8) is 0 Å². The maximum absolute atomic E-state index is 11.9. The number of carboxylic acid groups (broad SMARTS) is 2. The number of carboxylic acids is 2. The summed E-state index contributed by atoms with van der Waals surface area (Å²) in [5.41, 5.74) is -0.713. The molecule has 0 aliphatic rings. The van der Waals surface area contributed by atoms with Crippen LogP contribution in [0.5, 0.6) is 0 Å². The van der Waals surface area contributed by atoms with Crippen molar-refractivity contribution >= 4 is 35.3 Å². The summed E-state index contributed by atoms with van der Waals surface area (Å²) in [5.74, 6) is -3.93. The number of nitro groups is 1. The normalized spacial score (nSPS) is 10.5. The van der Waals surface area contributed by atoms with Gasteiger partial charge in [-0.05, 0) is 41.0 Å². The molecule has 2 rings (SSSR count). The Balaban J connectivity index is 2.19. The van der Waals surface area contributed by atoms with Gasteiger partial charge in [-0.3, -0.25) is 14.9 Å². The fraction of sp³-hybridized carbons (Fsp3) is 0. The van der Waals surface area contributed by atoms with Gasteiger partial charge in [-0.1, -0.05) is 12.1 Å². The molecule has 0 saturated heterocycles. The minimum atomic E-state index is -1.62. The molecule has 2 aromatic rings. The Bertz CT molecular complexity index is 902. The van der Waals surface area contributed by atoms with Crippen LogP contribution in [-0.4, -0.2) is 22.8 Å². The number of nitrogens with one attached hydrogen (secondary N) is 1. The molecule has 0 aromatic heterocycles. The zero-order valence-corrected chi connectivity index (χ0v) is 13.0. The van der Waals surface area contributed by atoms with Crippen LogP contribution in [0.4, 0.5) is 11.4 Å². The van der Waals surface area contributed by atoms with Gasteiger partial charge in [-0.15, -0.1) is 0 Å². The first-order valence-electron chi connectivity index (χ1n) is 7.07. The Morgan fingerprint density at radius 3 is 2.12 bits per heavy atom. The number of amides is 1. The predicted molar refractivity (Wildman–Crippen MR) is 85.9 cm³/mol. The van der Waals surface area contributed by atoms with E-state index >= 15 is 0 Å². The summed E-state index contributed by atoms with van der Waals surface area (Å²) in [6.45, 7) is 0. The van der Waals surface area contributed by atoms with E-state index in [2.05, 4.69) is 5.32 Å². The molecule has 0 aliphatic carbocycles. The maximum atomic E-state index is 11.9. The molecule has 26 heavy (non-hydrogen) atoms. The number of nitro benzene ring substituents is 1. The predicted octanol–water partition coefficient (Wildman–Crippen LogP) is -0.0263. The molecule has 0 bridgehead atoms. The van der Waals surface area contributed by atoms with Crippen LogP contribution >= 0.6 is 0 Å². The van der Waals surface area contributed by atoms with Gasteiger partial charge in [0.05, 0.1) is 16.9 Å². The van der Waals surface area contributed by atoms with E-state index in [4.69, 9.17) is 0 Å². The van der Waals surface area contributed by atoms with Crippen LogP contribution in [0.15, 0.2) is 48.5 Å². The number of aromatic carboxylic acids is 2. The molecule has 0 aliphatic heterocycles. The fourth-order valence-corrected chi connectivity index (χ4v) is 2.03. The Hall–Kier alpha value is -4.01. The van der Waals surface area contributed by atoms with Gasteiger partial charge in [0.1, 0.15) is 0 Å². The molecule has 0 saturated carbocycles. The number of carbonyl (C=O) groups excluding carboxylic acids is 3. The number of carbonyl (C=O) groups is 3. The quantitative estimate of drug-likeness (QED) is 0.434. The maximum Gasteiger partial charge on any atom is 0.270 e. The van der Waals surface area contributed by atoms with Gasteiger partial charge in [0, 0.05) is 23.9 Å². The van der Waals surface area contributed by atoms with Crippen LogP contribution in [-0.2, 0) is 4.79 Å². The third kappa shape index (κ3) is 4.74. The summed E-state index contributed by atoms with van der Waals surface area (Å²) in [6, 6.07) is 8.45. The minimum Gasteiger partial charge on any atom is -0.545 e. The summed E-state index contributed by atoms with van der Waals surface area (Å²) < 4.78 is 0. The molecule has 0 atom stereocenters. The highest BCUT2D eigenvalue weighted by molar-refractivity contribution is 6.03. The largest absolute Gasteiger partial charge is 0.545 e. The first kappa shape index (κ1) is 18.3. The molecule has 0 spiro atoms. The van der Waals surface area contributed by atoms with E-state index in [1.54, 1.807) is 6.07 Å². The van der Waals surface area contributed by atoms with Gasteiger partial charge < -0.3 is 25.1 Å². The minimum absolute atomic E-state index is 0.0837. The molecule has 1 N–H and O–H groups in total. The summed E-state index contributed by atoms with van der Waals surface area (Å²) in [4.78, 5) is 43.8. The van der Waals surface area contributed by atoms with E-state index in [0.717, 1.165) is 24.3 Å². The molecule has 2 aromatic carbocycles. The lowest BCUT2D eigenvalue weighted by Crippen LogP contribution is -2.26. The van der Waals surface area contributed by atoms with Crippen LogP contribution in [0.1, 0.15) is 26.3 Å². The van der Waals surface area contributed by atoms with Crippen molar-refractivity contribution in [2.75, 3.05) is 5.32 Å². The first-order chi connectivity index (χ1) is 12.3. The van der Waals surface area contributed by atoms with Gasteiger partial charge in [-0.2, -0.15) is 0 Å². The van der Waals surface area contributed by atoms with E-state index in [0.29, 0.717) is 5.56 Å². The van der Waals surface area contributed by atoms with E-state index in [-0.39, 0.29) is 11.4 Å². The van der Waals surface area contributed by atoms with Crippen molar-refractivity contribution in [1.29, 1.82) is 0 Å². The third-order valence-electron chi connectivity index (χ3n) is 3.18. The first-order valence-corrected chi connectivity index (χ1v) is 7.07. The number of hydrogen-bond donors (Lipinski definition) is 1. The summed E-state index contributed by atoms with van der Waals surface area (Å²) in [5, 5.41) is 34.8. The molecular formula is C17H10N2O7-2. The Morgan fingerprint density at radius 1 is 0.962 bits per heavy atom. The van der Waals surface area contributed by atoms with Crippen LogP contribution in [0.2, 0.25) is 0 Å². The van der Waals surface area contributed by atoms with Crippen LogP contribution in [0.25, 0.3) is 6.08 Å². The number of rotatable bonds is 6. The highest BCUT2D eigenvalue weighted by Gasteiger charge is 2.06. The SMILES string of the molecule is O=C(C=Cc1cccc([N+](=O)[O-])c1)Nc1cc(C(=O)[O-])cc(C(=O)[O-])c1. The zero-order chi connectivity index (χ0) is 19.3.